The molecule has 9 heteroatoms. The predicted molar refractivity (Wildman–Crippen MR) is 189 cm³/mol. The number of amides is 5. The second-order valence-corrected chi connectivity index (χ2v) is 13.8. The highest BCUT2D eigenvalue weighted by Crippen LogP contribution is 2.40. The summed E-state index contributed by atoms with van der Waals surface area (Å²) in [5.41, 5.74) is 4.55. The van der Waals surface area contributed by atoms with Gasteiger partial charge in [-0.3, -0.25) is 29.1 Å². The Morgan fingerprint density at radius 1 is 0.771 bits per heavy atom. The van der Waals surface area contributed by atoms with Crippen molar-refractivity contribution in [2.75, 3.05) is 15.7 Å². The van der Waals surface area contributed by atoms with Crippen LogP contribution >= 0.6 is 11.6 Å². The van der Waals surface area contributed by atoms with E-state index in [2.05, 4.69) is 5.32 Å². The van der Waals surface area contributed by atoms with Gasteiger partial charge in [0.25, 0.3) is 5.91 Å². The number of aryl methyl sites for hydroxylation is 2. The molecule has 1 saturated heterocycles. The van der Waals surface area contributed by atoms with Crippen molar-refractivity contribution in [2.45, 2.75) is 102 Å². The quantitative estimate of drug-likeness (QED) is 0.185. The highest BCUT2D eigenvalue weighted by Gasteiger charge is 2.49. The fourth-order valence-corrected chi connectivity index (χ4v) is 7.64. The average Bonchev–Trinajstić information content (AvgIpc) is 3.37. The summed E-state index contributed by atoms with van der Waals surface area (Å²) in [5, 5.41) is 3.22. The molecule has 0 aromatic heterocycles. The number of rotatable bonds is 9. The van der Waals surface area contributed by atoms with Crippen LogP contribution in [0.5, 0.6) is 0 Å². The van der Waals surface area contributed by atoms with Crippen LogP contribution in [0, 0.1) is 13.8 Å². The molecule has 1 heterocycles. The van der Waals surface area contributed by atoms with Gasteiger partial charge in [-0.2, -0.15) is 0 Å². The zero-order valence-corrected chi connectivity index (χ0v) is 28.6. The first kappa shape index (κ1) is 33.7. The van der Waals surface area contributed by atoms with E-state index in [1.165, 1.54) is 9.80 Å². The molecule has 3 aromatic rings. The Hall–Kier alpha value is -4.17. The van der Waals surface area contributed by atoms with Crippen LogP contribution in [0.25, 0.3) is 0 Å². The van der Waals surface area contributed by atoms with Crippen LogP contribution < -0.4 is 15.1 Å². The minimum Gasteiger partial charge on any atom is -0.351 e. The third kappa shape index (κ3) is 7.00. The van der Waals surface area contributed by atoms with E-state index in [-0.39, 0.29) is 35.8 Å². The molecule has 1 aliphatic heterocycles. The Morgan fingerprint density at radius 3 is 1.92 bits per heavy atom. The number of urea groups is 1. The van der Waals surface area contributed by atoms with Gasteiger partial charge in [0.2, 0.25) is 11.8 Å². The topological polar surface area (TPSA) is 90.0 Å². The Morgan fingerprint density at radius 2 is 1.33 bits per heavy atom. The van der Waals surface area contributed by atoms with Crippen molar-refractivity contribution in [1.29, 1.82) is 0 Å². The number of halogens is 1. The van der Waals surface area contributed by atoms with Gasteiger partial charge in [0.1, 0.15) is 18.0 Å². The van der Waals surface area contributed by atoms with E-state index in [1.54, 1.807) is 29.2 Å². The Labute approximate surface area is 288 Å². The number of imide groups is 1. The SMILES string of the molecule is Cc1ccc(C(C(=O)NC2CCCCC2)N(C(=O)CCl)c2ccc(C3C(=O)N(C4CCCCC4)C(=O)N3c3ccc(C)cc3)cc2)cc1. The highest BCUT2D eigenvalue weighted by atomic mass is 35.5. The van der Waals surface area contributed by atoms with Gasteiger partial charge >= 0.3 is 6.03 Å². The van der Waals surface area contributed by atoms with Crippen molar-refractivity contribution in [3.8, 4) is 0 Å². The Bertz CT molecular complexity index is 1610. The van der Waals surface area contributed by atoms with Gasteiger partial charge in [0, 0.05) is 23.5 Å². The van der Waals surface area contributed by atoms with Gasteiger partial charge in [-0.15, -0.1) is 11.6 Å². The van der Waals surface area contributed by atoms with E-state index in [0.29, 0.717) is 22.5 Å². The van der Waals surface area contributed by atoms with E-state index in [1.807, 2.05) is 62.4 Å². The number of nitrogens with one attached hydrogen (secondary N) is 1. The summed E-state index contributed by atoms with van der Waals surface area (Å²) < 4.78 is 0. The smallest absolute Gasteiger partial charge is 0.332 e. The van der Waals surface area contributed by atoms with Crippen LogP contribution in [0.1, 0.15) is 98.5 Å². The van der Waals surface area contributed by atoms with Crippen molar-refractivity contribution in [1.82, 2.24) is 10.2 Å². The zero-order chi connectivity index (χ0) is 33.8. The maximum Gasteiger partial charge on any atom is 0.332 e. The van der Waals surface area contributed by atoms with E-state index < -0.39 is 18.0 Å². The van der Waals surface area contributed by atoms with Crippen molar-refractivity contribution in [3.05, 3.63) is 95.1 Å². The molecule has 0 spiro atoms. The lowest BCUT2D eigenvalue weighted by atomic mass is 9.94. The van der Waals surface area contributed by atoms with Crippen molar-refractivity contribution >= 4 is 46.7 Å². The number of hydrogen-bond acceptors (Lipinski definition) is 4. The van der Waals surface area contributed by atoms with E-state index in [4.69, 9.17) is 11.6 Å². The minimum absolute atomic E-state index is 0.0558. The van der Waals surface area contributed by atoms with Crippen LogP contribution in [-0.2, 0) is 14.4 Å². The molecule has 2 aliphatic carbocycles. The number of hydrogen-bond donors (Lipinski definition) is 1. The van der Waals surface area contributed by atoms with E-state index >= 15 is 0 Å². The fourth-order valence-electron chi connectivity index (χ4n) is 7.51. The molecule has 2 atom stereocenters. The molecule has 6 rings (SSSR count). The Kier molecular flexibility index (Phi) is 10.5. The first-order chi connectivity index (χ1) is 23.3. The Balaban J connectivity index is 1.36. The normalized spacial score (nSPS) is 19.8. The minimum atomic E-state index is -0.940. The van der Waals surface area contributed by atoms with Gasteiger partial charge in [-0.1, -0.05) is 98.2 Å². The number of anilines is 2. The van der Waals surface area contributed by atoms with Gasteiger partial charge in [0.05, 0.1) is 0 Å². The molecule has 2 saturated carbocycles. The van der Waals surface area contributed by atoms with Crippen molar-refractivity contribution < 1.29 is 19.2 Å². The van der Waals surface area contributed by atoms with Gasteiger partial charge in [-0.25, -0.2) is 4.79 Å². The number of nitrogens with zero attached hydrogens (tertiary/aromatic N) is 3. The monoisotopic (exact) mass is 668 g/mol. The van der Waals surface area contributed by atoms with E-state index in [9.17, 15) is 19.2 Å². The number of alkyl halides is 1. The maximum atomic E-state index is 14.2. The third-order valence-electron chi connectivity index (χ3n) is 10.1. The molecule has 3 fully saturated rings. The first-order valence-electron chi connectivity index (χ1n) is 17.3. The second kappa shape index (κ2) is 14.9. The van der Waals surface area contributed by atoms with Gasteiger partial charge in [0.15, 0.2) is 0 Å². The molecule has 252 valence electrons. The first-order valence-corrected chi connectivity index (χ1v) is 17.9. The lowest BCUT2D eigenvalue weighted by Gasteiger charge is -2.33. The third-order valence-corrected chi connectivity index (χ3v) is 10.3. The second-order valence-electron chi connectivity index (χ2n) is 13.5. The standard InChI is InChI=1S/C39H45ClN4O4/c1-26-13-17-28(18-14-26)35(37(46)41-30-9-5-3-6-10-30)42(34(45)25-40)32-23-19-29(20-24-32)36-38(47)44(31-11-7-4-8-12-31)39(48)43(36)33-21-15-27(2)16-22-33/h13-24,30-31,35-36H,3-12,25H2,1-2H3,(H,41,46). The number of benzene rings is 3. The largest absolute Gasteiger partial charge is 0.351 e. The predicted octanol–water partition coefficient (Wildman–Crippen LogP) is 7.91. The van der Waals surface area contributed by atoms with Gasteiger partial charge < -0.3 is 5.32 Å². The van der Waals surface area contributed by atoms with Crippen molar-refractivity contribution in [2.24, 2.45) is 0 Å². The number of carbonyl (C=O) groups excluding carboxylic acids is 4. The molecule has 8 nitrogen and oxygen atoms in total. The molecule has 3 aromatic carbocycles. The molecular weight excluding hydrogens is 624 g/mol. The molecule has 0 bridgehead atoms. The molecule has 1 N–H and O–H groups in total. The number of carbonyl (C=O) groups is 4. The van der Waals surface area contributed by atoms with Crippen LogP contribution in [0.15, 0.2) is 72.8 Å². The molecular formula is C39H45ClN4O4. The summed E-state index contributed by atoms with van der Waals surface area (Å²) in [5.74, 6) is -1.21. The molecule has 2 unspecified atom stereocenters. The fraction of sp³-hybridized carbons (Fsp3) is 0.436. The van der Waals surface area contributed by atoms with Crippen LogP contribution in [0.2, 0.25) is 0 Å². The molecule has 3 aliphatic rings. The summed E-state index contributed by atoms with van der Waals surface area (Å²) in [7, 11) is 0. The molecule has 0 radical (unpaired) electrons. The van der Waals surface area contributed by atoms with Crippen LogP contribution in [-0.4, -0.2) is 46.6 Å². The zero-order valence-electron chi connectivity index (χ0n) is 27.9. The van der Waals surface area contributed by atoms with Crippen LogP contribution in [0.3, 0.4) is 0 Å². The van der Waals surface area contributed by atoms with Crippen LogP contribution in [0.4, 0.5) is 16.2 Å². The lowest BCUT2D eigenvalue weighted by molar-refractivity contribution is -0.129. The maximum absolute atomic E-state index is 14.2. The molecule has 5 amide bonds. The summed E-state index contributed by atoms with van der Waals surface area (Å²) in [6.07, 6.45) is 9.82. The average molecular weight is 669 g/mol. The summed E-state index contributed by atoms with van der Waals surface area (Å²) >= 11 is 6.19. The summed E-state index contributed by atoms with van der Waals surface area (Å²) in [4.78, 5) is 60.4. The van der Waals surface area contributed by atoms with E-state index in [0.717, 1.165) is 75.3 Å². The summed E-state index contributed by atoms with van der Waals surface area (Å²) in [6, 6.07) is 20.2. The summed E-state index contributed by atoms with van der Waals surface area (Å²) in [6.45, 7) is 3.96. The highest BCUT2D eigenvalue weighted by molar-refractivity contribution is 6.30. The lowest BCUT2D eigenvalue weighted by Crippen LogP contribution is -2.47. The molecule has 48 heavy (non-hydrogen) atoms. The van der Waals surface area contributed by atoms with Gasteiger partial charge in [-0.05, 0) is 74.9 Å². The van der Waals surface area contributed by atoms with Crippen molar-refractivity contribution in [3.63, 3.8) is 0 Å².